The first kappa shape index (κ1) is 18.2. The maximum absolute atomic E-state index is 12.8. The summed E-state index contributed by atoms with van der Waals surface area (Å²) in [6.45, 7) is 0.930. The average molecular weight is 393 g/mol. The van der Waals surface area contributed by atoms with Crippen molar-refractivity contribution < 1.29 is 24.2 Å². The molecule has 1 aliphatic heterocycles. The normalized spacial score (nSPS) is 21.1. The second-order valence-electron chi connectivity index (χ2n) is 8.24. The van der Waals surface area contributed by atoms with Crippen LogP contribution < -0.4 is 0 Å². The van der Waals surface area contributed by atoms with Crippen LogP contribution in [0.1, 0.15) is 29.9 Å². The highest BCUT2D eigenvalue weighted by atomic mass is 16.6. The lowest BCUT2D eigenvalue weighted by Crippen LogP contribution is -2.32. The van der Waals surface area contributed by atoms with Crippen molar-refractivity contribution in [1.29, 1.82) is 0 Å². The molecule has 1 atom stereocenters. The summed E-state index contributed by atoms with van der Waals surface area (Å²) in [6.07, 6.45) is 1.35. The Kier molecular flexibility index (Phi) is 4.32. The Morgan fingerprint density at radius 2 is 1.66 bits per heavy atom. The summed E-state index contributed by atoms with van der Waals surface area (Å²) in [4.78, 5) is 25.3. The molecule has 3 aliphatic rings. The Morgan fingerprint density at radius 1 is 1.03 bits per heavy atom. The molecule has 1 amide bonds. The molecule has 2 aromatic carbocycles. The third-order valence-corrected chi connectivity index (χ3v) is 6.47. The fourth-order valence-corrected chi connectivity index (χ4v) is 4.81. The van der Waals surface area contributed by atoms with Crippen molar-refractivity contribution in [3.05, 3.63) is 59.7 Å². The molecule has 0 bridgehead atoms. The van der Waals surface area contributed by atoms with Crippen LogP contribution in [0, 0.1) is 5.41 Å². The SMILES string of the molecule is O=C(O)COC1CN(C(=O)OCC2c3ccccc3-c3ccccc32)CC12CC2. The first-order valence-corrected chi connectivity index (χ1v) is 10.0. The minimum atomic E-state index is -0.986. The number of carboxylic acid groups (broad SMARTS) is 1. The van der Waals surface area contributed by atoms with Gasteiger partial charge in [-0.25, -0.2) is 9.59 Å². The molecule has 1 saturated heterocycles. The molecule has 5 rings (SSSR count). The van der Waals surface area contributed by atoms with E-state index in [1.54, 1.807) is 4.90 Å². The van der Waals surface area contributed by atoms with Crippen LogP contribution in [-0.4, -0.2) is 54.5 Å². The Labute approximate surface area is 169 Å². The zero-order chi connectivity index (χ0) is 20.0. The van der Waals surface area contributed by atoms with Gasteiger partial charge in [0.1, 0.15) is 13.2 Å². The number of carbonyl (C=O) groups excluding carboxylic acids is 1. The number of aliphatic carboxylic acids is 1. The van der Waals surface area contributed by atoms with Crippen molar-refractivity contribution in [1.82, 2.24) is 4.90 Å². The summed E-state index contributed by atoms with van der Waals surface area (Å²) in [5, 5.41) is 8.88. The third kappa shape index (κ3) is 3.17. The van der Waals surface area contributed by atoms with Gasteiger partial charge in [-0.15, -0.1) is 0 Å². The molecule has 1 N–H and O–H groups in total. The molecule has 150 valence electrons. The number of nitrogens with zero attached hydrogens (tertiary/aromatic N) is 1. The molecule has 0 radical (unpaired) electrons. The summed E-state index contributed by atoms with van der Waals surface area (Å²) in [5.41, 5.74) is 4.68. The number of carboxylic acids is 1. The summed E-state index contributed by atoms with van der Waals surface area (Å²) in [6, 6.07) is 16.5. The lowest BCUT2D eigenvalue weighted by Gasteiger charge is -2.19. The Bertz CT molecular complexity index is 922. The molecular formula is C23H23NO5. The highest BCUT2D eigenvalue weighted by Gasteiger charge is 2.57. The number of benzene rings is 2. The predicted octanol–water partition coefficient (Wildman–Crippen LogP) is 3.50. The number of hydrogen-bond acceptors (Lipinski definition) is 4. The van der Waals surface area contributed by atoms with E-state index in [1.807, 2.05) is 24.3 Å². The Balaban J connectivity index is 1.27. The van der Waals surface area contributed by atoms with Gasteiger partial charge in [0, 0.05) is 17.9 Å². The molecule has 0 aromatic heterocycles. The number of likely N-dealkylation sites (tertiary alicyclic amines) is 1. The fourth-order valence-electron chi connectivity index (χ4n) is 4.81. The molecule has 6 heteroatoms. The van der Waals surface area contributed by atoms with Gasteiger partial charge >= 0.3 is 12.1 Å². The molecule has 2 fully saturated rings. The monoisotopic (exact) mass is 393 g/mol. The number of rotatable bonds is 5. The Hall–Kier alpha value is -2.86. The number of fused-ring (bicyclic) bond motifs is 3. The maximum atomic E-state index is 12.8. The largest absolute Gasteiger partial charge is 0.480 e. The van der Waals surface area contributed by atoms with Crippen molar-refractivity contribution in [2.24, 2.45) is 5.41 Å². The molecule has 6 nitrogen and oxygen atoms in total. The molecule has 29 heavy (non-hydrogen) atoms. The van der Waals surface area contributed by atoms with E-state index in [1.165, 1.54) is 22.3 Å². The third-order valence-electron chi connectivity index (χ3n) is 6.47. The van der Waals surface area contributed by atoms with E-state index in [0.29, 0.717) is 13.1 Å². The topological polar surface area (TPSA) is 76.1 Å². The minimum Gasteiger partial charge on any atom is -0.480 e. The van der Waals surface area contributed by atoms with Crippen LogP contribution in [0.25, 0.3) is 11.1 Å². The highest BCUT2D eigenvalue weighted by molar-refractivity contribution is 5.79. The van der Waals surface area contributed by atoms with Crippen molar-refractivity contribution in [2.45, 2.75) is 24.9 Å². The Morgan fingerprint density at radius 3 is 2.24 bits per heavy atom. The maximum Gasteiger partial charge on any atom is 0.409 e. The van der Waals surface area contributed by atoms with Crippen molar-refractivity contribution in [3.63, 3.8) is 0 Å². The molecule has 1 saturated carbocycles. The van der Waals surface area contributed by atoms with E-state index in [9.17, 15) is 9.59 Å². The van der Waals surface area contributed by atoms with Crippen LogP contribution in [0.15, 0.2) is 48.5 Å². The van der Waals surface area contributed by atoms with Crippen LogP contribution in [0.3, 0.4) is 0 Å². The second kappa shape index (κ2) is 6.88. The van der Waals surface area contributed by atoms with Crippen LogP contribution in [-0.2, 0) is 14.3 Å². The van der Waals surface area contributed by atoms with Crippen molar-refractivity contribution >= 4 is 12.1 Å². The fraction of sp³-hybridized carbons (Fsp3) is 0.391. The quantitative estimate of drug-likeness (QED) is 0.841. The van der Waals surface area contributed by atoms with Gasteiger partial charge in [0.25, 0.3) is 0 Å². The standard InChI is InChI=1S/C23H23NO5/c25-21(26)13-28-20-11-24(14-23(20)9-10-23)22(27)29-12-19-17-7-3-1-5-15(17)16-6-2-4-8-18(16)19/h1-8,19-20H,9-14H2,(H,25,26). The first-order valence-electron chi connectivity index (χ1n) is 10.0. The van der Waals surface area contributed by atoms with E-state index in [-0.39, 0.29) is 36.7 Å². The van der Waals surface area contributed by atoms with Gasteiger partial charge < -0.3 is 19.5 Å². The molecule has 2 aromatic rings. The minimum absolute atomic E-state index is 0.0305. The number of ether oxygens (including phenoxy) is 2. The van der Waals surface area contributed by atoms with Gasteiger partial charge in [0.2, 0.25) is 0 Å². The zero-order valence-corrected chi connectivity index (χ0v) is 16.0. The van der Waals surface area contributed by atoms with Gasteiger partial charge in [-0.05, 0) is 35.1 Å². The average Bonchev–Trinajstić information content (AvgIpc) is 3.30. The lowest BCUT2D eigenvalue weighted by atomic mass is 9.98. The summed E-state index contributed by atoms with van der Waals surface area (Å²) < 4.78 is 11.3. The molecule has 1 heterocycles. The summed E-state index contributed by atoms with van der Waals surface area (Å²) >= 11 is 0. The van der Waals surface area contributed by atoms with Crippen LogP contribution >= 0.6 is 0 Å². The summed E-state index contributed by atoms with van der Waals surface area (Å²) in [7, 11) is 0. The van der Waals surface area contributed by atoms with Crippen molar-refractivity contribution in [2.75, 3.05) is 26.3 Å². The second-order valence-corrected chi connectivity index (χ2v) is 8.24. The van der Waals surface area contributed by atoms with Gasteiger partial charge in [0.15, 0.2) is 0 Å². The molecule has 2 aliphatic carbocycles. The van der Waals surface area contributed by atoms with Gasteiger partial charge in [-0.2, -0.15) is 0 Å². The smallest absolute Gasteiger partial charge is 0.409 e. The van der Waals surface area contributed by atoms with E-state index < -0.39 is 5.97 Å². The lowest BCUT2D eigenvalue weighted by molar-refractivity contribution is -0.145. The van der Waals surface area contributed by atoms with Crippen molar-refractivity contribution in [3.8, 4) is 11.1 Å². The van der Waals surface area contributed by atoms with Gasteiger partial charge in [-0.1, -0.05) is 48.5 Å². The van der Waals surface area contributed by atoms with E-state index in [4.69, 9.17) is 14.6 Å². The number of amides is 1. The first-order chi connectivity index (χ1) is 14.1. The van der Waals surface area contributed by atoms with E-state index >= 15 is 0 Å². The summed E-state index contributed by atoms with van der Waals surface area (Å²) in [5.74, 6) is -0.955. The number of hydrogen-bond donors (Lipinski definition) is 1. The highest BCUT2D eigenvalue weighted by Crippen LogP contribution is 2.54. The van der Waals surface area contributed by atoms with Crippen LogP contribution in [0.2, 0.25) is 0 Å². The molecular weight excluding hydrogens is 370 g/mol. The van der Waals surface area contributed by atoms with Gasteiger partial charge in [-0.3, -0.25) is 0 Å². The zero-order valence-electron chi connectivity index (χ0n) is 16.0. The predicted molar refractivity (Wildman–Crippen MR) is 106 cm³/mol. The van der Waals surface area contributed by atoms with E-state index in [2.05, 4.69) is 24.3 Å². The van der Waals surface area contributed by atoms with Gasteiger partial charge in [0.05, 0.1) is 12.6 Å². The molecule has 1 spiro atoms. The van der Waals surface area contributed by atoms with E-state index in [0.717, 1.165) is 12.8 Å². The molecule has 1 unspecified atom stereocenters. The van der Waals surface area contributed by atoms with Crippen LogP contribution in [0.4, 0.5) is 4.79 Å². The van der Waals surface area contributed by atoms with Crippen LogP contribution in [0.5, 0.6) is 0 Å². The number of carbonyl (C=O) groups is 2.